The van der Waals surface area contributed by atoms with Crippen molar-refractivity contribution in [3.05, 3.63) is 42.2 Å². The van der Waals surface area contributed by atoms with Crippen LogP contribution in [0.2, 0.25) is 0 Å². The zero-order valence-electron chi connectivity index (χ0n) is 19.8. The number of carbonyl (C=O) groups is 3. The molecule has 1 aromatic heterocycles. The lowest BCUT2D eigenvalue weighted by atomic mass is 9.95. The molecule has 11 heteroatoms. The molecule has 1 saturated heterocycles. The van der Waals surface area contributed by atoms with E-state index in [1.807, 2.05) is 20.8 Å². The quantitative estimate of drug-likeness (QED) is 0.570. The SMILES string of the molecule is Cn1cc(S(=O)(=O)N2CCC(C(=O)Nc3ccc(NC(=O)C(C)(C)C)cc3)CC2)cc1C(N)=O. The Balaban J connectivity index is 1.57. The second kappa shape index (κ2) is 9.59. The minimum atomic E-state index is -3.79. The largest absolute Gasteiger partial charge is 0.364 e. The van der Waals surface area contributed by atoms with Crippen molar-refractivity contribution in [2.75, 3.05) is 23.7 Å². The van der Waals surface area contributed by atoms with E-state index in [1.165, 1.54) is 21.1 Å². The molecule has 1 aromatic carbocycles. The first-order valence-electron chi connectivity index (χ1n) is 11.0. The highest BCUT2D eigenvalue weighted by atomic mass is 32.2. The van der Waals surface area contributed by atoms with E-state index in [9.17, 15) is 22.8 Å². The number of aryl methyl sites for hydroxylation is 1. The number of piperidine rings is 1. The molecule has 0 saturated carbocycles. The summed E-state index contributed by atoms with van der Waals surface area (Å²) in [5, 5.41) is 5.68. The van der Waals surface area contributed by atoms with Crippen LogP contribution in [0.3, 0.4) is 0 Å². The Morgan fingerprint density at radius 3 is 2.00 bits per heavy atom. The van der Waals surface area contributed by atoms with Crippen molar-refractivity contribution in [1.29, 1.82) is 0 Å². The molecule has 4 N–H and O–H groups in total. The van der Waals surface area contributed by atoms with Gasteiger partial charge in [0.15, 0.2) is 0 Å². The molecule has 1 aliphatic heterocycles. The number of amides is 3. The van der Waals surface area contributed by atoms with Crippen LogP contribution in [0, 0.1) is 11.3 Å². The van der Waals surface area contributed by atoms with Gasteiger partial charge in [0.05, 0.1) is 0 Å². The molecule has 3 amide bonds. The maximum atomic E-state index is 12.9. The van der Waals surface area contributed by atoms with Crippen molar-refractivity contribution in [2.24, 2.45) is 24.1 Å². The number of aromatic nitrogens is 1. The zero-order valence-corrected chi connectivity index (χ0v) is 20.6. The van der Waals surface area contributed by atoms with E-state index in [0.29, 0.717) is 24.2 Å². The van der Waals surface area contributed by atoms with Crippen LogP contribution in [0.25, 0.3) is 0 Å². The van der Waals surface area contributed by atoms with Gasteiger partial charge < -0.3 is 20.9 Å². The van der Waals surface area contributed by atoms with E-state index in [0.717, 1.165) is 0 Å². The summed E-state index contributed by atoms with van der Waals surface area (Å²) in [7, 11) is -2.24. The van der Waals surface area contributed by atoms with Crippen LogP contribution in [0.15, 0.2) is 41.4 Å². The monoisotopic (exact) mass is 489 g/mol. The molecular formula is C23H31N5O5S. The lowest BCUT2D eigenvalue weighted by molar-refractivity contribution is -0.123. The Hall–Kier alpha value is -3.18. The number of hydrogen-bond acceptors (Lipinski definition) is 5. The molecule has 34 heavy (non-hydrogen) atoms. The fourth-order valence-electron chi connectivity index (χ4n) is 3.63. The number of primary amides is 1. The third-order valence-electron chi connectivity index (χ3n) is 5.79. The lowest BCUT2D eigenvalue weighted by Gasteiger charge is -2.30. The van der Waals surface area contributed by atoms with Crippen molar-refractivity contribution in [2.45, 2.75) is 38.5 Å². The van der Waals surface area contributed by atoms with Crippen LogP contribution < -0.4 is 16.4 Å². The number of nitrogens with one attached hydrogen (secondary N) is 2. The summed E-state index contributed by atoms with van der Waals surface area (Å²) in [5.41, 5.74) is 6.10. The third-order valence-corrected chi connectivity index (χ3v) is 7.65. The molecule has 1 fully saturated rings. The van der Waals surface area contributed by atoms with Crippen molar-refractivity contribution >= 4 is 39.1 Å². The Morgan fingerprint density at radius 2 is 1.53 bits per heavy atom. The van der Waals surface area contributed by atoms with Crippen LogP contribution in [0.4, 0.5) is 11.4 Å². The Labute approximate surface area is 199 Å². The second-order valence-corrected chi connectivity index (χ2v) is 11.4. The number of rotatable bonds is 6. The molecule has 184 valence electrons. The maximum Gasteiger partial charge on any atom is 0.265 e. The fraction of sp³-hybridized carbons (Fsp3) is 0.435. The number of sulfonamides is 1. The van der Waals surface area contributed by atoms with Gasteiger partial charge in [-0.25, -0.2) is 8.42 Å². The van der Waals surface area contributed by atoms with E-state index in [2.05, 4.69) is 10.6 Å². The predicted octanol–water partition coefficient (Wildman–Crippen LogP) is 2.15. The molecule has 0 spiro atoms. The Morgan fingerprint density at radius 1 is 1.00 bits per heavy atom. The van der Waals surface area contributed by atoms with Gasteiger partial charge in [-0.3, -0.25) is 14.4 Å². The van der Waals surface area contributed by atoms with E-state index in [4.69, 9.17) is 5.73 Å². The average molecular weight is 490 g/mol. The number of hydrogen-bond donors (Lipinski definition) is 3. The maximum absolute atomic E-state index is 12.9. The normalized spacial score (nSPS) is 15.6. The molecule has 10 nitrogen and oxygen atoms in total. The predicted molar refractivity (Wildman–Crippen MR) is 129 cm³/mol. The van der Waals surface area contributed by atoms with E-state index < -0.39 is 21.3 Å². The van der Waals surface area contributed by atoms with Gasteiger partial charge in [0, 0.05) is 49.0 Å². The molecular weight excluding hydrogens is 458 g/mol. The van der Waals surface area contributed by atoms with Gasteiger partial charge in [0.2, 0.25) is 21.8 Å². The van der Waals surface area contributed by atoms with Gasteiger partial charge in [-0.1, -0.05) is 20.8 Å². The van der Waals surface area contributed by atoms with E-state index in [1.54, 1.807) is 31.3 Å². The molecule has 2 aromatic rings. The highest BCUT2D eigenvalue weighted by molar-refractivity contribution is 7.89. The van der Waals surface area contributed by atoms with Gasteiger partial charge in [-0.2, -0.15) is 4.31 Å². The van der Waals surface area contributed by atoms with Gasteiger partial charge in [0.1, 0.15) is 10.6 Å². The molecule has 0 radical (unpaired) electrons. The number of carbonyl (C=O) groups excluding carboxylic acids is 3. The van der Waals surface area contributed by atoms with Gasteiger partial charge in [-0.15, -0.1) is 0 Å². The summed E-state index contributed by atoms with van der Waals surface area (Å²) < 4.78 is 28.6. The average Bonchev–Trinajstić information content (AvgIpc) is 3.17. The summed E-state index contributed by atoms with van der Waals surface area (Å²) >= 11 is 0. The van der Waals surface area contributed by atoms with Crippen molar-refractivity contribution < 1.29 is 22.8 Å². The Kier molecular flexibility index (Phi) is 7.18. The number of nitrogens with zero attached hydrogens (tertiary/aromatic N) is 2. The summed E-state index contributed by atoms with van der Waals surface area (Å²) in [6.45, 7) is 5.86. The van der Waals surface area contributed by atoms with Crippen LogP contribution in [-0.2, 0) is 26.7 Å². The van der Waals surface area contributed by atoms with Gasteiger partial charge >= 0.3 is 0 Å². The summed E-state index contributed by atoms with van der Waals surface area (Å²) in [4.78, 5) is 36.2. The van der Waals surface area contributed by atoms with Crippen LogP contribution in [-0.4, -0.2) is 48.1 Å². The summed E-state index contributed by atoms with van der Waals surface area (Å²) in [5.74, 6) is -1.32. The molecule has 0 aliphatic carbocycles. The highest BCUT2D eigenvalue weighted by Gasteiger charge is 2.33. The molecule has 3 rings (SSSR count). The topological polar surface area (TPSA) is 144 Å². The molecule has 1 aliphatic rings. The van der Waals surface area contributed by atoms with Crippen LogP contribution in [0.1, 0.15) is 44.1 Å². The zero-order chi connectivity index (χ0) is 25.3. The number of anilines is 2. The van der Waals surface area contributed by atoms with Gasteiger partial charge in [0.25, 0.3) is 5.91 Å². The fourth-order valence-corrected chi connectivity index (χ4v) is 5.17. The summed E-state index contributed by atoms with van der Waals surface area (Å²) in [6.07, 6.45) is 2.11. The van der Waals surface area contributed by atoms with Crippen LogP contribution in [0.5, 0.6) is 0 Å². The van der Waals surface area contributed by atoms with Gasteiger partial charge in [-0.05, 0) is 43.2 Å². The first-order chi connectivity index (χ1) is 15.8. The minimum absolute atomic E-state index is 0.00495. The minimum Gasteiger partial charge on any atom is -0.364 e. The van der Waals surface area contributed by atoms with Crippen LogP contribution >= 0.6 is 0 Å². The smallest absolute Gasteiger partial charge is 0.265 e. The van der Waals surface area contributed by atoms with E-state index >= 15 is 0 Å². The first kappa shape index (κ1) is 25.4. The molecule has 0 bridgehead atoms. The first-order valence-corrected chi connectivity index (χ1v) is 12.4. The third kappa shape index (κ3) is 5.65. The molecule has 2 heterocycles. The highest BCUT2D eigenvalue weighted by Crippen LogP contribution is 2.26. The second-order valence-electron chi connectivity index (χ2n) is 9.49. The Bertz CT molecular complexity index is 1190. The van der Waals surface area contributed by atoms with Crippen molar-refractivity contribution in [3.8, 4) is 0 Å². The number of benzene rings is 1. The molecule has 0 atom stereocenters. The summed E-state index contributed by atoms with van der Waals surface area (Å²) in [6, 6.07) is 8.12. The standard InChI is InChI=1S/C23H31N5O5S/c1-23(2,3)22(31)26-17-7-5-16(6-8-17)25-21(30)15-9-11-28(12-10-15)34(32,33)18-13-19(20(24)29)27(4)14-18/h5-8,13-15H,9-12H2,1-4H3,(H2,24,29)(H,25,30)(H,26,31). The van der Waals surface area contributed by atoms with E-state index in [-0.39, 0.29) is 41.4 Å². The van der Waals surface area contributed by atoms with Crippen molar-refractivity contribution in [1.82, 2.24) is 8.87 Å². The number of nitrogens with two attached hydrogens (primary N) is 1. The van der Waals surface area contributed by atoms with Crippen molar-refractivity contribution in [3.63, 3.8) is 0 Å². The molecule has 0 unspecified atom stereocenters. The lowest BCUT2D eigenvalue weighted by Crippen LogP contribution is -2.41.